The van der Waals surface area contributed by atoms with Crippen LogP contribution in [-0.2, 0) is 18.4 Å². The topological polar surface area (TPSA) is 108 Å². The summed E-state index contributed by atoms with van der Waals surface area (Å²) in [6, 6.07) is -0.795. The summed E-state index contributed by atoms with van der Waals surface area (Å²) in [6.45, 7) is 4.79. The first kappa shape index (κ1) is 66.5. The largest absolute Gasteiger partial charge is 0.756 e. The van der Waals surface area contributed by atoms with Crippen LogP contribution in [0.15, 0.2) is 0 Å². The van der Waals surface area contributed by atoms with Crippen LogP contribution >= 0.6 is 7.82 Å². The molecule has 0 aromatic rings. The summed E-state index contributed by atoms with van der Waals surface area (Å²) in [5, 5.41) is 14.0. The van der Waals surface area contributed by atoms with Gasteiger partial charge in [0.2, 0.25) is 5.91 Å². The van der Waals surface area contributed by atoms with E-state index in [9.17, 15) is 19.4 Å². The van der Waals surface area contributed by atoms with Gasteiger partial charge in [-0.2, -0.15) is 0 Å². The minimum Gasteiger partial charge on any atom is -0.756 e. The second kappa shape index (κ2) is 50.4. The van der Waals surface area contributed by atoms with Crippen LogP contribution in [0.5, 0.6) is 0 Å². The molecule has 3 atom stereocenters. The Bertz CT molecular complexity index is 1060. The van der Waals surface area contributed by atoms with E-state index in [1.165, 1.54) is 250 Å². The molecule has 0 aromatic carbocycles. The summed E-state index contributed by atoms with van der Waals surface area (Å²) in [4.78, 5) is 25.6. The number of hydrogen-bond donors (Lipinski definition) is 2. The highest BCUT2D eigenvalue weighted by Gasteiger charge is 2.24. The summed E-state index contributed by atoms with van der Waals surface area (Å²) in [5.74, 6) is -0.156. The molecule has 0 radical (unpaired) electrons. The third-order valence-electron chi connectivity index (χ3n) is 14.1. The highest BCUT2D eigenvalue weighted by atomic mass is 31.2. The van der Waals surface area contributed by atoms with Crippen molar-refractivity contribution in [2.45, 2.75) is 328 Å². The molecule has 0 saturated heterocycles. The van der Waals surface area contributed by atoms with Crippen molar-refractivity contribution in [3.05, 3.63) is 0 Å². The Morgan fingerprint density at radius 2 is 0.731 bits per heavy atom. The Kier molecular flexibility index (Phi) is 50.1. The summed E-state index contributed by atoms with van der Waals surface area (Å²) in [6.07, 6.45) is 59.9. The molecule has 3 unspecified atom stereocenters. The van der Waals surface area contributed by atoms with Crippen molar-refractivity contribution in [3.63, 3.8) is 0 Å². The van der Waals surface area contributed by atoms with Crippen molar-refractivity contribution in [2.75, 3.05) is 40.9 Å². The van der Waals surface area contributed by atoms with Crippen molar-refractivity contribution in [3.8, 4) is 0 Å². The minimum atomic E-state index is -4.57. The Morgan fingerprint density at radius 1 is 0.463 bits per heavy atom. The zero-order chi connectivity index (χ0) is 49.2. The van der Waals surface area contributed by atoms with Gasteiger partial charge in [0, 0.05) is 6.42 Å². The molecule has 0 spiro atoms. The predicted octanol–water partition coefficient (Wildman–Crippen LogP) is 17.4. The van der Waals surface area contributed by atoms with Crippen molar-refractivity contribution in [1.29, 1.82) is 0 Å². The number of phosphoric acid groups is 1. The second-order valence-electron chi connectivity index (χ2n) is 22.1. The molecular weight excluding hydrogens is 852 g/mol. The molecule has 0 heterocycles. The number of aliphatic hydroxyl groups is 1. The summed E-state index contributed by atoms with van der Waals surface area (Å²) < 4.78 is 23.5. The molecule has 0 aromatic heterocycles. The lowest BCUT2D eigenvalue weighted by atomic mass is 10.0. The van der Waals surface area contributed by atoms with E-state index in [1.54, 1.807) is 0 Å². The highest BCUT2D eigenvalue weighted by Crippen LogP contribution is 2.38. The number of carbonyl (C=O) groups is 1. The zero-order valence-electron chi connectivity index (χ0n) is 45.9. The maximum Gasteiger partial charge on any atom is 0.268 e. The third kappa shape index (κ3) is 53.1. The van der Waals surface area contributed by atoms with Crippen molar-refractivity contribution in [2.24, 2.45) is 0 Å². The zero-order valence-corrected chi connectivity index (χ0v) is 46.8. The van der Waals surface area contributed by atoms with Gasteiger partial charge < -0.3 is 28.8 Å². The number of quaternary nitrogens is 1. The van der Waals surface area contributed by atoms with E-state index in [4.69, 9.17) is 9.05 Å². The molecule has 9 heteroatoms. The molecule has 0 saturated carbocycles. The van der Waals surface area contributed by atoms with Crippen LogP contribution in [0.25, 0.3) is 0 Å². The minimum absolute atomic E-state index is 0.0167. The summed E-state index contributed by atoms with van der Waals surface area (Å²) in [7, 11) is 1.33. The predicted molar refractivity (Wildman–Crippen MR) is 289 cm³/mol. The van der Waals surface area contributed by atoms with Crippen LogP contribution in [0, 0.1) is 0 Å². The van der Waals surface area contributed by atoms with Gasteiger partial charge in [0.25, 0.3) is 7.82 Å². The molecule has 2 N–H and O–H groups in total. The maximum absolute atomic E-state index is 13.0. The van der Waals surface area contributed by atoms with Crippen LogP contribution in [0.2, 0.25) is 0 Å². The number of nitrogens with one attached hydrogen (secondary N) is 1. The number of aliphatic hydroxyl groups excluding tert-OH is 1. The van der Waals surface area contributed by atoms with E-state index in [0.29, 0.717) is 23.9 Å². The number of carbonyl (C=O) groups excluding carboxylic acids is 1. The molecule has 1 amide bonds. The molecule has 0 fully saturated rings. The van der Waals surface area contributed by atoms with Gasteiger partial charge in [0.15, 0.2) is 0 Å². The number of rotatable bonds is 56. The van der Waals surface area contributed by atoms with Gasteiger partial charge in [-0.15, -0.1) is 0 Å². The first-order valence-electron chi connectivity index (χ1n) is 29.9. The number of phosphoric ester groups is 1. The highest BCUT2D eigenvalue weighted by molar-refractivity contribution is 7.45. The van der Waals surface area contributed by atoms with Crippen LogP contribution in [-0.4, -0.2) is 68.5 Å². The van der Waals surface area contributed by atoms with E-state index in [1.807, 2.05) is 21.1 Å². The van der Waals surface area contributed by atoms with Crippen LogP contribution in [0.4, 0.5) is 0 Å². The number of amides is 1. The lowest BCUT2D eigenvalue weighted by Crippen LogP contribution is -2.46. The van der Waals surface area contributed by atoms with Gasteiger partial charge >= 0.3 is 0 Å². The normalized spacial score (nSPS) is 13.8. The average molecular weight is 972 g/mol. The molecule has 8 nitrogen and oxygen atoms in total. The fourth-order valence-electron chi connectivity index (χ4n) is 9.40. The Balaban J connectivity index is 4.11. The number of hydrogen-bond acceptors (Lipinski definition) is 6. The molecule has 67 heavy (non-hydrogen) atoms. The number of unbranched alkanes of at least 4 members (excludes halogenated alkanes) is 43. The summed E-state index contributed by atoms with van der Waals surface area (Å²) >= 11 is 0. The van der Waals surface area contributed by atoms with Gasteiger partial charge in [-0.25, -0.2) is 0 Å². The standard InChI is InChI=1S/C58H119N2O6P/c1-6-8-10-12-14-16-18-20-22-24-26-28-30-31-33-35-37-39-41-43-45-47-49-51-57(61)56(55-66-67(63,64)65-54-53-60(3,4)5)59-58(62)52-50-48-46-44-42-40-38-36-34-32-29-27-25-23-21-19-17-15-13-11-9-7-2/h56-57,61H,6-55H2,1-5H3,(H-,59,62,63,64). The molecule has 0 bridgehead atoms. The molecule has 0 rings (SSSR count). The van der Waals surface area contributed by atoms with Gasteiger partial charge in [-0.1, -0.05) is 296 Å². The van der Waals surface area contributed by atoms with Gasteiger partial charge in [0.05, 0.1) is 39.9 Å². The maximum atomic E-state index is 13.0. The second-order valence-corrected chi connectivity index (χ2v) is 23.5. The quantitative estimate of drug-likeness (QED) is 0.0357. The summed E-state index contributed by atoms with van der Waals surface area (Å²) in [5.41, 5.74) is 0. The van der Waals surface area contributed by atoms with E-state index >= 15 is 0 Å². The van der Waals surface area contributed by atoms with Crippen LogP contribution < -0.4 is 10.2 Å². The lowest BCUT2D eigenvalue weighted by Gasteiger charge is -2.30. The van der Waals surface area contributed by atoms with Gasteiger partial charge in [-0.05, 0) is 12.8 Å². The molecule has 0 aliphatic heterocycles. The number of likely N-dealkylation sites (N-methyl/N-ethyl adjacent to an activating group) is 1. The van der Waals surface area contributed by atoms with E-state index in [-0.39, 0.29) is 19.1 Å². The fourth-order valence-corrected chi connectivity index (χ4v) is 10.1. The average Bonchev–Trinajstić information content (AvgIpc) is 3.29. The molecule has 0 aliphatic carbocycles. The molecule has 0 aliphatic rings. The molecular formula is C58H119N2O6P. The van der Waals surface area contributed by atoms with E-state index < -0.39 is 20.0 Å². The lowest BCUT2D eigenvalue weighted by molar-refractivity contribution is -0.870. The van der Waals surface area contributed by atoms with Crippen molar-refractivity contribution >= 4 is 13.7 Å². The van der Waals surface area contributed by atoms with Gasteiger partial charge in [-0.3, -0.25) is 9.36 Å². The van der Waals surface area contributed by atoms with Crippen LogP contribution in [0.3, 0.4) is 0 Å². The Labute approximate surface area is 419 Å². The van der Waals surface area contributed by atoms with Crippen molar-refractivity contribution in [1.82, 2.24) is 5.32 Å². The fraction of sp³-hybridized carbons (Fsp3) is 0.983. The smallest absolute Gasteiger partial charge is 0.268 e. The Morgan fingerprint density at radius 3 is 1.01 bits per heavy atom. The SMILES string of the molecule is CCCCCCCCCCCCCCCCCCCCCCCCCC(O)C(COP(=O)([O-])OCC[N+](C)(C)C)NC(=O)CCCCCCCCCCCCCCCCCCCCCCCC. The third-order valence-corrected chi connectivity index (χ3v) is 15.1. The van der Waals surface area contributed by atoms with Crippen molar-refractivity contribution < 1.29 is 32.9 Å². The van der Waals surface area contributed by atoms with E-state index in [0.717, 1.165) is 38.5 Å². The van der Waals surface area contributed by atoms with E-state index in [2.05, 4.69) is 19.2 Å². The monoisotopic (exact) mass is 971 g/mol. The van der Waals surface area contributed by atoms with Gasteiger partial charge in [0.1, 0.15) is 13.2 Å². The Hall–Kier alpha value is -0.500. The van der Waals surface area contributed by atoms with Crippen LogP contribution in [0.1, 0.15) is 316 Å². The number of nitrogens with zero attached hydrogens (tertiary/aromatic N) is 1. The molecule has 402 valence electrons. The first-order chi connectivity index (χ1) is 32.5. The first-order valence-corrected chi connectivity index (χ1v) is 31.3.